The van der Waals surface area contributed by atoms with Gasteiger partial charge in [0, 0.05) is 55.6 Å². The van der Waals surface area contributed by atoms with E-state index in [9.17, 15) is 4.79 Å². The zero-order chi connectivity index (χ0) is 20.3. The van der Waals surface area contributed by atoms with E-state index in [4.69, 9.17) is 9.72 Å². The average molecular weight is 447 g/mol. The minimum absolute atomic E-state index is 0.0127. The number of anilines is 2. The highest BCUT2D eigenvalue weighted by Crippen LogP contribution is 2.29. The standard InChI is InChI=1S/C18H22N8O2S2/c27-16(11-26-21-17(20-22-26)24-6-8-28-9-7-24)23-2-4-25(5-3-23)18-19-15(13-30-18)14-1-10-29-12-14/h1,10,12-13H,2-9,11H2. The number of hydrogen-bond donors (Lipinski definition) is 0. The lowest BCUT2D eigenvalue weighted by Crippen LogP contribution is -2.49. The number of ether oxygens (including phenoxy) is 1. The molecule has 3 aromatic heterocycles. The summed E-state index contributed by atoms with van der Waals surface area (Å²) in [5.74, 6) is 0.569. The summed E-state index contributed by atoms with van der Waals surface area (Å²) in [6.45, 7) is 5.78. The molecule has 1 amide bonds. The van der Waals surface area contributed by atoms with Gasteiger partial charge in [-0.1, -0.05) is 5.10 Å². The van der Waals surface area contributed by atoms with Gasteiger partial charge in [-0.05, 0) is 16.7 Å². The Morgan fingerprint density at radius 3 is 2.67 bits per heavy atom. The Balaban J connectivity index is 1.14. The number of carbonyl (C=O) groups is 1. The molecule has 0 saturated carbocycles. The van der Waals surface area contributed by atoms with Crippen molar-refractivity contribution in [1.29, 1.82) is 0 Å². The second kappa shape index (κ2) is 8.66. The van der Waals surface area contributed by atoms with Crippen LogP contribution in [0.25, 0.3) is 11.3 Å². The molecule has 2 saturated heterocycles. The van der Waals surface area contributed by atoms with Crippen molar-refractivity contribution in [3.05, 3.63) is 22.2 Å². The Morgan fingerprint density at radius 2 is 1.90 bits per heavy atom. The fraction of sp³-hybridized carbons (Fsp3) is 0.500. The first kappa shape index (κ1) is 19.4. The van der Waals surface area contributed by atoms with Crippen LogP contribution < -0.4 is 9.80 Å². The predicted molar refractivity (Wildman–Crippen MR) is 115 cm³/mol. The van der Waals surface area contributed by atoms with Crippen LogP contribution in [-0.2, 0) is 16.1 Å². The third kappa shape index (κ3) is 4.16. The summed E-state index contributed by atoms with van der Waals surface area (Å²) in [5, 5.41) is 19.8. The molecule has 0 spiro atoms. The summed E-state index contributed by atoms with van der Waals surface area (Å²) in [7, 11) is 0. The molecule has 0 unspecified atom stereocenters. The zero-order valence-corrected chi connectivity index (χ0v) is 18.0. The number of carbonyl (C=O) groups excluding carboxylic acids is 1. The average Bonchev–Trinajstić information content (AvgIpc) is 3.55. The molecule has 2 aliphatic heterocycles. The number of tetrazole rings is 1. The molecule has 0 aromatic carbocycles. The minimum Gasteiger partial charge on any atom is -0.378 e. The van der Waals surface area contributed by atoms with Crippen molar-refractivity contribution in [2.45, 2.75) is 6.54 Å². The van der Waals surface area contributed by atoms with Gasteiger partial charge in [-0.15, -0.1) is 16.4 Å². The summed E-state index contributed by atoms with van der Waals surface area (Å²) < 4.78 is 5.34. The van der Waals surface area contributed by atoms with Crippen molar-refractivity contribution in [2.24, 2.45) is 0 Å². The number of thiophene rings is 1. The topological polar surface area (TPSA) is 92.5 Å². The highest BCUT2D eigenvalue weighted by Gasteiger charge is 2.24. The SMILES string of the molecule is O=C(Cn1nnc(N2CCOCC2)n1)N1CCN(c2nc(-c3ccsc3)cs2)CC1. The van der Waals surface area contributed by atoms with Gasteiger partial charge in [0.25, 0.3) is 5.95 Å². The van der Waals surface area contributed by atoms with Gasteiger partial charge >= 0.3 is 0 Å². The molecule has 5 rings (SSSR count). The first-order valence-electron chi connectivity index (χ1n) is 9.87. The molecule has 5 heterocycles. The van der Waals surface area contributed by atoms with E-state index in [2.05, 4.69) is 42.5 Å². The van der Waals surface area contributed by atoms with E-state index in [0.717, 1.165) is 42.6 Å². The Morgan fingerprint density at radius 1 is 1.07 bits per heavy atom. The number of hydrogen-bond acceptors (Lipinski definition) is 10. The predicted octanol–water partition coefficient (Wildman–Crippen LogP) is 1.04. The molecule has 0 aliphatic carbocycles. The lowest BCUT2D eigenvalue weighted by atomic mass is 10.3. The molecule has 0 bridgehead atoms. The molecule has 0 atom stereocenters. The summed E-state index contributed by atoms with van der Waals surface area (Å²) in [6.07, 6.45) is 0. The second-order valence-electron chi connectivity index (χ2n) is 7.11. The monoisotopic (exact) mass is 446 g/mol. The fourth-order valence-corrected chi connectivity index (χ4v) is 5.05. The molecule has 30 heavy (non-hydrogen) atoms. The lowest BCUT2D eigenvalue weighted by Gasteiger charge is -2.34. The minimum atomic E-state index is 0.0127. The second-order valence-corrected chi connectivity index (χ2v) is 8.73. The van der Waals surface area contributed by atoms with Crippen LogP contribution in [0.3, 0.4) is 0 Å². The van der Waals surface area contributed by atoms with Crippen molar-refractivity contribution in [2.75, 3.05) is 62.3 Å². The van der Waals surface area contributed by atoms with E-state index in [0.29, 0.717) is 32.3 Å². The van der Waals surface area contributed by atoms with Crippen molar-refractivity contribution in [1.82, 2.24) is 30.1 Å². The molecular formula is C18H22N8O2S2. The van der Waals surface area contributed by atoms with Gasteiger partial charge in [0.15, 0.2) is 5.13 Å². The summed E-state index contributed by atoms with van der Waals surface area (Å²) >= 11 is 3.33. The van der Waals surface area contributed by atoms with Gasteiger partial charge in [-0.2, -0.15) is 16.1 Å². The number of amides is 1. The Labute approximate surface area is 181 Å². The number of morpholine rings is 1. The van der Waals surface area contributed by atoms with Gasteiger partial charge < -0.3 is 19.4 Å². The number of piperazine rings is 1. The molecule has 10 nitrogen and oxygen atoms in total. The molecule has 12 heteroatoms. The van der Waals surface area contributed by atoms with E-state index in [1.165, 1.54) is 4.80 Å². The van der Waals surface area contributed by atoms with Crippen LogP contribution in [-0.4, -0.2) is 88.5 Å². The maximum absolute atomic E-state index is 12.7. The molecule has 3 aromatic rings. The number of nitrogens with zero attached hydrogens (tertiary/aromatic N) is 8. The van der Waals surface area contributed by atoms with Gasteiger partial charge in [-0.25, -0.2) is 4.98 Å². The largest absolute Gasteiger partial charge is 0.378 e. The van der Waals surface area contributed by atoms with Crippen LogP contribution in [0.1, 0.15) is 0 Å². The Kier molecular flexibility index (Phi) is 5.60. The number of aromatic nitrogens is 5. The van der Waals surface area contributed by atoms with Crippen LogP contribution in [0.4, 0.5) is 11.1 Å². The first-order chi connectivity index (χ1) is 14.8. The quantitative estimate of drug-likeness (QED) is 0.574. The number of rotatable bonds is 5. The van der Waals surface area contributed by atoms with E-state index >= 15 is 0 Å². The maximum atomic E-state index is 12.7. The summed E-state index contributed by atoms with van der Waals surface area (Å²) in [4.78, 5) is 25.0. The number of thiazole rings is 1. The van der Waals surface area contributed by atoms with Crippen molar-refractivity contribution >= 4 is 39.7 Å². The highest BCUT2D eigenvalue weighted by atomic mass is 32.1. The Bertz CT molecular complexity index is 974. The van der Waals surface area contributed by atoms with Crippen LogP contribution in [0, 0.1) is 0 Å². The fourth-order valence-electron chi connectivity index (χ4n) is 3.51. The van der Waals surface area contributed by atoms with Gasteiger partial charge in [0.2, 0.25) is 5.91 Å². The molecule has 2 aliphatic rings. The van der Waals surface area contributed by atoms with Crippen LogP contribution >= 0.6 is 22.7 Å². The van der Waals surface area contributed by atoms with Crippen LogP contribution in [0.5, 0.6) is 0 Å². The molecule has 0 radical (unpaired) electrons. The van der Waals surface area contributed by atoms with Gasteiger partial charge in [0.1, 0.15) is 6.54 Å². The Hall–Kier alpha value is -2.57. The van der Waals surface area contributed by atoms with E-state index in [1.54, 1.807) is 22.7 Å². The smallest absolute Gasteiger partial charge is 0.266 e. The van der Waals surface area contributed by atoms with Crippen molar-refractivity contribution < 1.29 is 9.53 Å². The maximum Gasteiger partial charge on any atom is 0.266 e. The summed E-state index contributed by atoms with van der Waals surface area (Å²) in [5.41, 5.74) is 2.18. The highest BCUT2D eigenvalue weighted by molar-refractivity contribution is 7.14. The molecule has 2 fully saturated rings. The van der Waals surface area contributed by atoms with Crippen LogP contribution in [0.15, 0.2) is 22.2 Å². The molecule has 0 N–H and O–H groups in total. The normalized spacial score (nSPS) is 17.5. The van der Waals surface area contributed by atoms with E-state index in [1.807, 2.05) is 9.80 Å². The third-order valence-corrected chi connectivity index (χ3v) is 6.81. The third-order valence-electron chi connectivity index (χ3n) is 5.22. The van der Waals surface area contributed by atoms with E-state index < -0.39 is 0 Å². The van der Waals surface area contributed by atoms with Crippen LogP contribution in [0.2, 0.25) is 0 Å². The molecular weight excluding hydrogens is 424 g/mol. The summed E-state index contributed by atoms with van der Waals surface area (Å²) in [6, 6.07) is 2.09. The van der Waals surface area contributed by atoms with Crippen molar-refractivity contribution in [3.63, 3.8) is 0 Å². The van der Waals surface area contributed by atoms with Gasteiger partial charge in [0.05, 0.1) is 18.9 Å². The van der Waals surface area contributed by atoms with Gasteiger partial charge in [-0.3, -0.25) is 4.79 Å². The van der Waals surface area contributed by atoms with E-state index in [-0.39, 0.29) is 12.5 Å². The lowest BCUT2D eigenvalue weighted by molar-refractivity contribution is -0.132. The molecule has 158 valence electrons. The van der Waals surface area contributed by atoms with Crippen molar-refractivity contribution in [3.8, 4) is 11.3 Å². The zero-order valence-electron chi connectivity index (χ0n) is 16.4. The first-order valence-corrected chi connectivity index (χ1v) is 11.7.